The van der Waals surface area contributed by atoms with Crippen molar-refractivity contribution in [2.24, 2.45) is 0 Å². The monoisotopic (exact) mass is 295 g/mol. The second-order valence-electron chi connectivity index (χ2n) is 3.99. The van der Waals surface area contributed by atoms with Crippen LogP contribution < -0.4 is 4.72 Å². The zero-order chi connectivity index (χ0) is 14.0. The lowest BCUT2D eigenvalue weighted by Gasteiger charge is -2.08. The largest absolute Gasteiger partial charge is 0.267 e. The molecule has 2 rings (SSSR count). The fourth-order valence-electron chi connectivity index (χ4n) is 1.66. The van der Waals surface area contributed by atoms with Crippen molar-refractivity contribution in [3.05, 3.63) is 40.5 Å². The van der Waals surface area contributed by atoms with Crippen LogP contribution in [-0.2, 0) is 10.0 Å². The van der Waals surface area contributed by atoms with Gasteiger partial charge in [0.25, 0.3) is 0 Å². The predicted molar refractivity (Wildman–Crippen MR) is 75.8 cm³/mol. The number of rotatable bonds is 3. The van der Waals surface area contributed by atoms with Crippen molar-refractivity contribution in [1.82, 2.24) is 14.9 Å². The zero-order valence-electron chi connectivity index (χ0n) is 10.5. The molecule has 0 aliphatic rings. The van der Waals surface area contributed by atoms with E-state index in [1.165, 1.54) is 7.05 Å². The van der Waals surface area contributed by atoms with E-state index in [1.54, 1.807) is 31.2 Å². The Morgan fingerprint density at radius 3 is 2.58 bits per heavy atom. The van der Waals surface area contributed by atoms with Gasteiger partial charge >= 0.3 is 0 Å². The van der Waals surface area contributed by atoms with Crippen LogP contribution in [0.25, 0.3) is 11.3 Å². The van der Waals surface area contributed by atoms with E-state index in [-0.39, 0.29) is 4.90 Å². The summed E-state index contributed by atoms with van der Waals surface area (Å²) >= 11 is 4.92. The fourth-order valence-corrected chi connectivity index (χ4v) is 2.77. The summed E-state index contributed by atoms with van der Waals surface area (Å²) in [6.45, 7) is 1.75. The van der Waals surface area contributed by atoms with E-state index in [1.807, 2.05) is 6.07 Å². The van der Waals surface area contributed by atoms with Crippen LogP contribution in [0.5, 0.6) is 0 Å². The third-order valence-corrected chi connectivity index (χ3v) is 4.50. The van der Waals surface area contributed by atoms with E-state index in [2.05, 4.69) is 14.9 Å². The van der Waals surface area contributed by atoms with E-state index >= 15 is 0 Å². The Hall–Kier alpha value is -1.57. The van der Waals surface area contributed by atoms with E-state index in [9.17, 15) is 8.42 Å². The molecule has 0 aliphatic heterocycles. The lowest BCUT2D eigenvalue weighted by molar-refractivity contribution is 0.587. The molecule has 0 spiro atoms. The molecule has 0 saturated heterocycles. The molecule has 1 aromatic carbocycles. The number of hydrogen-bond donors (Lipinski definition) is 2. The van der Waals surface area contributed by atoms with Crippen LogP contribution in [0.2, 0.25) is 0 Å². The van der Waals surface area contributed by atoms with E-state index in [0.717, 1.165) is 0 Å². The Kier molecular flexibility index (Phi) is 3.79. The fraction of sp³-hybridized carbons (Fsp3) is 0.167. The molecule has 0 fully saturated rings. The first kappa shape index (κ1) is 13.9. The molecule has 2 aromatic rings. The Morgan fingerprint density at radius 2 is 2.00 bits per heavy atom. The van der Waals surface area contributed by atoms with Crippen molar-refractivity contribution >= 4 is 22.2 Å². The maximum atomic E-state index is 11.9. The van der Waals surface area contributed by atoms with Gasteiger partial charge in [0.1, 0.15) is 4.64 Å². The van der Waals surface area contributed by atoms with Gasteiger partial charge in [0, 0.05) is 5.56 Å². The Bertz CT molecular complexity index is 746. The molecule has 7 heteroatoms. The molecule has 2 N–H and O–H groups in total. The summed E-state index contributed by atoms with van der Waals surface area (Å²) in [5.41, 5.74) is 2.04. The van der Waals surface area contributed by atoms with Crippen LogP contribution >= 0.6 is 12.2 Å². The maximum absolute atomic E-state index is 11.9. The van der Waals surface area contributed by atoms with Crippen molar-refractivity contribution in [3.8, 4) is 11.3 Å². The molecular weight excluding hydrogens is 282 g/mol. The summed E-state index contributed by atoms with van der Waals surface area (Å²) in [7, 11) is -2.09. The topological polar surface area (TPSA) is 74.8 Å². The van der Waals surface area contributed by atoms with Gasteiger partial charge in [0.15, 0.2) is 0 Å². The van der Waals surface area contributed by atoms with Crippen LogP contribution in [-0.4, -0.2) is 25.7 Å². The average molecular weight is 295 g/mol. The molecule has 5 nitrogen and oxygen atoms in total. The number of H-pyrrole nitrogens is 1. The molecule has 1 heterocycles. The number of nitrogens with one attached hydrogen (secondary N) is 2. The molecule has 0 atom stereocenters. The first-order valence-electron chi connectivity index (χ1n) is 5.54. The molecule has 0 saturated carbocycles. The van der Waals surface area contributed by atoms with Crippen LogP contribution in [0.3, 0.4) is 0 Å². The standard InChI is InChI=1S/C12H13N3O2S2/c1-8-3-4-9(7-11(8)19(16,17)13-2)10-5-6-12(18)15-14-10/h3-7,13H,1-2H3,(H,15,18). The smallest absolute Gasteiger partial charge is 0.240 e. The van der Waals surface area contributed by atoms with E-state index in [0.29, 0.717) is 21.5 Å². The summed E-state index contributed by atoms with van der Waals surface area (Å²) in [4.78, 5) is 0.247. The summed E-state index contributed by atoms with van der Waals surface area (Å²) < 4.78 is 26.6. The van der Waals surface area contributed by atoms with Crippen molar-refractivity contribution in [3.63, 3.8) is 0 Å². The quantitative estimate of drug-likeness (QED) is 0.850. The molecule has 0 bridgehead atoms. The van der Waals surface area contributed by atoms with Gasteiger partial charge in [-0.2, -0.15) is 5.10 Å². The predicted octanol–water partition coefficient (Wildman–Crippen LogP) is 2.02. The number of aromatic amines is 1. The van der Waals surface area contributed by atoms with Gasteiger partial charge in [-0.1, -0.05) is 24.4 Å². The normalized spacial score (nSPS) is 11.5. The van der Waals surface area contributed by atoms with Gasteiger partial charge < -0.3 is 0 Å². The number of nitrogens with zero attached hydrogens (tertiary/aromatic N) is 1. The van der Waals surface area contributed by atoms with Gasteiger partial charge in [-0.05, 0) is 37.7 Å². The van der Waals surface area contributed by atoms with Crippen LogP contribution in [0.4, 0.5) is 0 Å². The van der Waals surface area contributed by atoms with Gasteiger partial charge in [-0.25, -0.2) is 13.1 Å². The molecule has 0 radical (unpaired) electrons. The number of sulfonamides is 1. The molecule has 100 valence electrons. The third-order valence-electron chi connectivity index (χ3n) is 2.72. The second-order valence-corrected chi connectivity index (χ2v) is 6.29. The molecule has 0 amide bonds. The number of benzene rings is 1. The summed E-state index contributed by atoms with van der Waals surface area (Å²) in [5.74, 6) is 0. The van der Waals surface area contributed by atoms with Crippen LogP contribution in [0, 0.1) is 11.6 Å². The van der Waals surface area contributed by atoms with Gasteiger partial charge in [-0.3, -0.25) is 5.10 Å². The number of hydrogen-bond acceptors (Lipinski definition) is 4. The third kappa shape index (κ3) is 2.89. The van der Waals surface area contributed by atoms with Crippen molar-refractivity contribution < 1.29 is 8.42 Å². The number of aromatic nitrogens is 2. The van der Waals surface area contributed by atoms with Crippen molar-refractivity contribution in [2.75, 3.05) is 7.05 Å². The average Bonchev–Trinajstić information content (AvgIpc) is 2.40. The van der Waals surface area contributed by atoms with Gasteiger partial charge in [0.05, 0.1) is 10.6 Å². The Labute approximate surface area is 116 Å². The summed E-state index contributed by atoms with van der Waals surface area (Å²) in [6, 6.07) is 8.63. The second kappa shape index (κ2) is 5.20. The van der Waals surface area contributed by atoms with Crippen LogP contribution in [0.1, 0.15) is 5.56 Å². The molecular formula is C12H13N3O2S2. The van der Waals surface area contributed by atoms with Gasteiger partial charge in [-0.15, -0.1) is 0 Å². The SMILES string of the molecule is CNS(=O)(=O)c1cc(-c2ccc(=S)[nH]n2)ccc1C. The molecule has 0 unspecified atom stereocenters. The minimum absolute atomic E-state index is 0.247. The maximum Gasteiger partial charge on any atom is 0.240 e. The Morgan fingerprint density at radius 1 is 1.26 bits per heavy atom. The highest BCUT2D eigenvalue weighted by molar-refractivity contribution is 7.89. The molecule has 19 heavy (non-hydrogen) atoms. The molecule has 0 aliphatic carbocycles. The first-order chi connectivity index (χ1) is 8.94. The lowest BCUT2D eigenvalue weighted by atomic mass is 10.1. The Balaban J connectivity index is 2.59. The minimum Gasteiger partial charge on any atom is -0.267 e. The highest BCUT2D eigenvalue weighted by Crippen LogP contribution is 2.23. The van der Waals surface area contributed by atoms with Crippen LogP contribution in [0.15, 0.2) is 35.2 Å². The summed E-state index contributed by atoms with van der Waals surface area (Å²) in [5, 5.41) is 6.77. The van der Waals surface area contributed by atoms with Crippen molar-refractivity contribution in [2.45, 2.75) is 11.8 Å². The first-order valence-corrected chi connectivity index (χ1v) is 7.43. The van der Waals surface area contributed by atoms with E-state index in [4.69, 9.17) is 12.2 Å². The zero-order valence-corrected chi connectivity index (χ0v) is 12.1. The number of aryl methyl sites for hydroxylation is 1. The minimum atomic E-state index is -3.48. The lowest BCUT2D eigenvalue weighted by Crippen LogP contribution is -2.19. The molecule has 1 aromatic heterocycles. The van der Waals surface area contributed by atoms with Gasteiger partial charge in [0.2, 0.25) is 10.0 Å². The highest BCUT2D eigenvalue weighted by atomic mass is 32.2. The van der Waals surface area contributed by atoms with E-state index < -0.39 is 10.0 Å². The summed E-state index contributed by atoms with van der Waals surface area (Å²) in [6.07, 6.45) is 0. The highest BCUT2D eigenvalue weighted by Gasteiger charge is 2.15. The van der Waals surface area contributed by atoms with Crippen molar-refractivity contribution in [1.29, 1.82) is 0 Å².